The van der Waals surface area contributed by atoms with Gasteiger partial charge in [-0.15, -0.1) is 0 Å². The van der Waals surface area contributed by atoms with E-state index in [1.807, 2.05) is 6.92 Å². The van der Waals surface area contributed by atoms with Crippen molar-refractivity contribution in [2.45, 2.75) is 19.3 Å². The Morgan fingerprint density at radius 2 is 2.38 bits per heavy atom. The lowest BCUT2D eigenvalue weighted by Gasteiger charge is -1.93. The van der Waals surface area contributed by atoms with Crippen LogP contribution in [0.4, 0.5) is 0 Å². The summed E-state index contributed by atoms with van der Waals surface area (Å²) < 4.78 is 5.05. The van der Waals surface area contributed by atoms with Gasteiger partial charge in [0.15, 0.2) is 0 Å². The zero-order chi connectivity index (χ0) is 5.98. The minimum atomic E-state index is 0.290. The molecular weight excluding hydrogens is 104 g/mol. The fraction of sp³-hybridized carbons (Fsp3) is 1.00. The molecule has 1 aliphatic heterocycles. The maximum absolute atomic E-state index is 5.23. The van der Waals surface area contributed by atoms with E-state index in [4.69, 9.17) is 10.5 Å². The van der Waals surface area contributed by atoms with Crippen LogP contribution in [0, 0.1) is 0 Å². The van der Waals surface area contributed by atoms with Gasteiger partial charge in [0.2, 0.25) is 0 Å². The molecule has 0 amide bonds. The number of hydrogen-bond donors (Lipinski definition) is 2. The molecule has 2 unspecified atom stereocenters. The Bertz CT molecular complexity index is 76.8. The highest BCUT2D eigenvalue weighted by Gasteiger charge is 2.32. The third kappa shape index (κ3) is 1.43. The number of hydrogen-bond acceptors (Lipinski definition) is 3. The molecule has 0 aromatic carbocycles. The molecule has 0 radical (unpaired) electrons. The van der Waals surface area contributed by atoms with E-state index in [2.05, 4.69) is 5.32 Å². The number of ether oxygens (including phenoxy) is 1. The highest BCUT2D eigenvalue weighted by molar-refractivity contribution is 4.77. The van der Waals surface area contributed by atoms with E-state index >= 15 is 0 Å². The summed E-state index contributed by atoms with van der Waals surface area (Å²) in [6.45, 7) is 3.58. The van der Waals surface area contributed by atoms with Gasteiger partial charge >= 0.3 is 0 Å². The average molecular weight is 116 g/mol. The van der Waals surface area contributed by atoms with E-state index in [0.29, 0.717) is 18.9 Å². The maximum Gasteiger partial charge on any atom is 0.135 e. The van der Waals surface area contributed by atoms with Gasteiger partial charge < -0.3 is 10.5 Å². The van der Waals surface area contributed by atoms with Gasteiger partial charge in [-0.3, -0.25) is 5.32 Å². The van der Waals surface area contributed by atoms with E-state index in [1.165, 1.54) is 0 Å². The first kappa shape index (κ1) is 6.01. The minimum Gasteiger partial charge on any atom is -0.354 e. The van der Waals surface area contributed by atoms with Gasteiger partial charge in [0.25, 0.3) is 0 Å². The highest BCUT2D eigenvalue weighted by atomic mass is 16.6. The monoisotopic (exact) mass is 116 g/mol. The summed E-state index contributed by atoms with van der Waals surface area (Å²) in [5.74, 6) is 0. The van der Waals surface area contributed by atoms with Crippen molar-refractivity contribution in [3.8, 4) is 0 Å². The summed E-state index contributed by atoms with van der Waals surface area (Å²) in [6.07, 6.45) is 0.695. The number of nitrogens with two attached hydrogens (primary N) is 1. The molecule has 48 valence electrons. The number of nitrogens with one attached hydrogen (secondary N) is 1. The predicted molar refractivity (Wildman–Crippen MR) is 31.4 cm³/mol. The van der Waals surface area contributed by atoms with Gasteiger partial charge in [-0.2, -0.15) is 0 Å². The normalized spacial score (nSPS) is 35.2. The molecule has 2 atom stereocenters. The first-order valence-electron chi connectivity index (χ1n) is 2.93. The molecule has 0 saturated carbocycles. The molecule has 0 aromatic heterocycles. The molecule has 1 rings (SSSR count). The quantitative estimate of drug-likeness (QED) is 0.478. The van der Waals surface area contributed by atoms with Gasteiger partial charge in [-0.1, -0.05) is 0 Å². The Morgan fingerprint density at radius 1 is 1.75 bits per heavy atom. The Balaban J connectivity index is 1.89. The van der Waals surface area contributed by atoms with Crippen molar-refractivity contribution in [2.75, 3.05) is 13.1 Å². The summed E-state index contributed by atoms with van der Waals surface area (Å²) >= 11 is 0. The molecule has 1 saturated heterocycles. The SMILES string of the molecule is CC1OC1NCCN. The fourth-order valence-corrected chi connectivity index (χ4v) is 0.626. The van der Waals surface area contributed by atoms with Crippen LogP contribution in [0.15, 0.2) is 0 Å². The molecule has 0 aromatic rings. The molecule has 8 heavy (non-hydrogen) atoms. The minimum absolute atomic E-state index is 0.290. The van der Waals surface area contributed by atoms with Crippen LogP contribution in [0.25, 0.3) is 0 Å². The summed E-state index contributed by atoms with van der Waals surface area (Å²) in [5.41, 5.74) is 5.23. The Morgan fingerprint density at radius 3 is 2.75 bits per heavy atom. The van der Waals surface area contributed by atoms with Gasteiger partial charge in [0, 0.05) is 13.1 Å². The second kappa shape index (κ2) is 2.44. The fourth-order valence-electron chi connectivity index (χ4n) is 0.626. The Labute approximate surface area is 49.2 Å². The van der Waals surface area contributed by atoms with E-state index < -0.39 is 0 Å². The summed E-state index contributed by atoms with van der Waals surface area (Å²) in [5, 5.41) is 3.11. The lowest BCUT2D eigenvalue weighted by molar-refractivity contribution is 0.352. The molecule has 3 nitrogen and oxygen atoms in total. The van der Waals surface area contributed by atoms with Crippen LogP contribution in [0.5, 0.6) is 0 Å². The van der Waals surface area contributed by atoms with Crippen molar-refractivity contribution in [3.05, 3.63) is 0 Å². The van der Waals surface area contributed by atoms with Crippen molar-refractivity contribution >= 4 is 0 Å². The lowest BCUT2D eigenvalue weighted by atomic mass is 10.5. The molecule has 1 heterocycles. The molecule has 0 bridgehead atoms. The van der Waals surface area contributed by atoms with Crippen LogP contribution in [-0.2, 0) is 4.74 Å². The standard InChI is InChI=1S/C5H12N2O/c1-4-5(8-4)7-3-2-6/h4-5,7H,2-3,6H2,1H3. The predicted octanol–water partition coefficient (Wildman–Crippen LogP) is -0.720. The molecule has 0 aliphatic carbocycles. The Kier molecular flexibility index (Phi) is 1.83. The van der Waals surface area contributed by atoms with Gasteiger partial charge in [-0.25, -0.2) is 0 Å². The smallest absolute Gasteiger partial charge is 0.135 e. The van der Waals surface area contributed by atoms with Crippen LogP contribution in [0.3, 0.4) is 0 Å². The summed E-state index contributed by atoms with van der Waals surface area (Å²) in [4.78, 5) is 0. The molecule has 3 N–H and O–H groups in total. The molecule has 1 aliphatic rings. The third-order valence-electron chi connectivity index (χ3n) is 1.20. The zero-order valence-corrected chi connectivity index (χ0v) is 5.05. The molecule has 3 heteroatoms. The van der Waals surface area contributed by atoms with Crippen molar-refractivity contribution < 1.29 is 4.74 Å². The van der Waals surface area contributed by atoms with E-state index in [0.717, 1.165) is 6.54 Å². The third-order valence-corrected chi connectivity index (χ3v) is 1.20. The van der Waals surface area contributed by atoms with E-state index in [9.17, 15) is 0 Å². The second-order valence-corrected chi connectivity index (χ2v) is 2.00. The summed E-state index contributed by atoms with van der Waals surface area (Å²) in [6, 6.07) is 0. The first-order valence-corrected chi connectivity index (χ1v) is 2.93. The largest absolute Gasteiger partial charge is 0.354 e. The molecular formula is C5H12N2O. The van der Waals surface area contributed by atoms with Gasteiger partial charge in [0.05, 0.1) is 6.10 Å². The molecule has 1 fully saturated rings. The topological polar surface area (TPSA) is 50.6 Å². The first-order chi connectivity index (χ1) is 3.84. The van der Waals surface area contributed by atoms with Gasteiger partial charge in [0.1, 0.15) is 6.23 Å². The highest BCUT2D eigenvalue weighted by Crippen LogP contribution is 2.16. The second-order valence-electron chi connectivity index (χ2n) is 2.00. The van der Waals surface area contributed by atoms with Gasteiger partial charge in [-0.05, 0) is 6.92 Å². The number of rotatable bonds is 3. The van der Waals surface area contributed by atoms with Crippen molar-refractivity contribution in [1.29, 1.82) is 0 Å². The summed E-state index contributed by atoms with van der Waals surface area (Å²) in [7, 11) is 0. The van der Waals surface area contributed by atoms with Crippen LogP contribution < -0.4 is 11.1 Å². The van der Waals surface area contributed by atoms with Crippen molar-refractivity contribution in [3.63, 3.8) is 0 Å². The Hall–Kier alpha value is -0.120. The maximum atomic E-state index is 5.23. The van der Waals surface area contributed by atoms with Crippen LogP contribution in [0.2, 0.25) is 0 Å². The zero-order valence-electron chi connectivity index (χ0n) is 5.05. The van der Waals surface area contributed by atoms with Crippen molar-refractivity contribution in [2.24, 2.45) is 5.73 Å². The average Bonchev–Trinajstić information content (AvgIpc) is 2.42. The molecule has 0 spiro atoms. The number of epoxide rings is 1. The van der Waals surface area contributed by atoms with Crippen LogP contribution >= 0.6 is 0 Å². The van der Waals surface area contributed by atoms with E-state index in [1.54, 1.807) is 0 Å². The van der Waals surface area contributed by atoms with Crippen LogP contribution in [0.1, 0.15) is 6.92 Å². The van der Waals surface area contributed by atoms with Crippen molar-refractivity contribution in [1.82, 2.24) is 5.32 Å². The van der Waals surface area contributed by atoms with Crippen LogP contribution in [-0.4, -0.2) is 25.4 Å². The lowest BCUT2D eigenvalue weighted by Crippen LogP contribution is -2.25. The van der Waals surface area contributed by atoms with E-state index in [-0.39, 0.29) is 0 Å².